The maximum absolute atomic E-state index is 12.7. The highest BCUT2D eigenvalue weighted by Gasteiger charge is 2.44. The summed E-state index contributed by atoms with van der Waals surface area (Å²) in [7, 11) is 0. The summed E-state index contributed by atoms with van der Waals surface area (Å²) in [5.41, 5.74) is 0. The maximum Gasteiger partial charge on any atom is 0.306 e. The van der Waals surface area contributed by atoms with Crippen molar-refractivity contribution in [2.24, 2.45) is 0 Å². The Kier molecular flexibility index (Phi) is 30.4. The van der Waals surface area contributed by atoms with Crippen LogP contribution in [0.5, 0.6) is 0 Å². The molecule has 49 heavy (non-hydrogen) atoms. The first-order chi connectivity index (χ1) is 23.9. The van der Waals surface area contributed by atoms with Gasteiger partial charge in [-0.25, -0.2) is 0 Å². The second-order valence-corrected chi connectivity index (χ2v) is 13.7. The van der Waals surface area contributed by atoms with Crippen LogP contribution in [0.3, 0.4) is 0 Å². The minimum absolute atomic E-state index is 0.118. The molecule has 9 heteroatoms. The van der Waals surface area contributed by atoms with Crippen LogP contribution in [0.1, 0.15) is 162 Å². The van der Waals surface area contributed by atoms with E-state index in [0.29, 0.717) is 13.0 Å². The second kappa shape index (κ2) is 32.6. The fraction of sp³-hybridized carbons (Fsp3) is 0.875. The lowest BCUT2D eigenvalue weighted by molar-refractivity contribution is -0.305. The Morgan fingerprint density at radius 1 is 0.633 bits per heavy atom. The van der Waals surface area contributed by atoms with Crippen molar-refractivity contribution in [1.29, 1.82) is 0 Å². The average molecular weight is 699 g/mol. The molecule has 0 aliphatic carbocycles. The van der Waals surface area contributed by atoms with Crippen LogP contribution in [-0.2, 0) is 23.7 Å². The Morgan fingerprint density at radius 2 is 1.16 bits per heavy atom. The quantitative estimate of drug-likeness (QED) is 0.0307. The molecule has 0 spiro atoms. The van der Waals surface area contributed by atoms with Crippen molar-refractivity contribution in [3.05, 3.63) is 24.3 Å². The van der Waals surface area contributed by atoms with Gasteiger partial charge in [-0.3, -0.25) is 4.79 Å². The first kappa shape index (κ1) is 45.7. The molecule has 0 aromatic heterocycles. The molecule has 9 nitrogen and oxygen atoms in total. The topological polar surface area (TPSA) is 135 Å². The van der Waals surface area contributed by atoms with Gasteiger partial charge in [-0.05, 0) is 57.8 Å². The minimum Gasteiger partial charge on any atom is -0.457 e. The highest BCUT2D eigenvalue weighted by atomic mass is 16.7. The first-order valence-corrected chi connectivity index (χ1v) is 19.9. The number of hydrogen-bond acceptors (Lipinski definition) is 9. The van der Waals surface area contributed by atoms with Crippen LogP contribution >= 0.6 is 0 Å². The predicted octanol–water partition coefficient (Wildman–Crippen LogP) is 7.86. The lowest BCUT2D eigenvalue weighted by Gasteiger charge is -2.39. The van der Waals surface area contributed by atoms with E-state index in [1.165, 1.54) is 77.0 Å². The van der Waals surface area contributed by atoms with Gasteiger partial charge in [0.05, 0.1) is 19.8 Å². The number of aliphatic hydroxyl groups excluding tert-OH is 4. The largest absolute Gasteiger partial charge is 0.457 e. The Labute approximate surface area is 298 Å². The Balaban J connectivity index is 2.32. The Morgan fingerprint density at radius 3 is 1.73 bits per heavy atom. The van der Waals surface area contributed by atoms with Gasteiger partial charge in [0, 0.05) is 13.0 Å². The van der Waals surface area contributed by atoms with E-state index in [1.54, 1.807) is 0 Å². The minimum atomic E-state index is -1.54. The van der Waals surface area contributed by atoms with Gasteiger partial charge in [0.2, 0.25) is 0 Å². The summed E-state index contributed by atoms with van der Waals surface area (Å²) >= 11 is 0. The molecule has 4 N–H and O–H groups in total. The zero-order valence-electron chi connectivity index (χ0n) is 31.2. The first-order valence-electron chi connectivity index (χ1n) is 19.9. The Bertz CT molecular complexity index is 803. The number of unbranched alkanes of at least 4 members (excludes halogenated alkanes) is 18. The van der Waals surface area contributed by atoms with Gasteiger partial charge in [-0.1, -0.05) is 122 Å². The third-order valence-electron chi connectivity index (χ3n) is 9.07. The number of ether oxygens (including phenoxy) is 4. The van der Waals surface area contributed by atoms with Crippen molar-refractivity contribution >= 4 is 5.97 Å². The molecule has 0 aromatic carbocycles. The molecule has 0 bridgehead atoms. The van der Waals surface area contributed by atoms with E-state index in [2.05, 4.69) is 38.2 Å². The van der Waals surface area contributed by atoms with E-state index in [0.717, 1.165) is 64.2 Å². The van der Waals surface area contributed by atoms with E-state index in [4.69, 9.17) is 18.9 Å². The maximum atomic E-state index is 12.7. The van der Waals surface area contributed by atoms with Crippen LogP contribution < -0.4 is 0 Å². The van der Waals surface area contributed by atoms with Gasteiger partial charge < -0.3 is 39.4 Å². The average Bonchev–Trinajstić information content (AvgIpc) is 3.10. The van der Waals surface area contributed by atoms with Gasteiger partial charge >= 0.3 is 5.97 Å². The van der Waals surface area contributed by atoms with Gasteiger partial charge in [0.1, 0.15) is 30.5 Å². The molecule has 1 aliphatic heterocycles. The Hall–Kier alpha value is -1.33. The summed E-state index contributed by atoms with van der Waals surface area (Å²) in [6.45, 7) is 4.47. The molecule has 6 atom stereocenters. The molecule has 1 heterocycles. The van der Waals surface area contributed by atoms with Gasteiger partial charge in [0.25, 0.3) is 0 Å². The van der Waals surface area contributed by atoms with Gasteiger partial charge in [0.15, 0.2) is 6.29 Å². The summed E-state index contributed by atoms with van der Waals surface area (Å²) in [4.78, 5) is 12.7. The zero-order chi connectivity index (χ0) is 35.8. The number of aliphatic hydroxyl groups is 4. The highest BCUT2D eigenvalue weighted by Crippen LogP contribution is 2.22. The van der Waals surface area contributed by atoms with Crippen molar-refractivity contribution in [1.82, 2.24) is 0 Å². The molecule has 1 aliphatic rings. The summed E-state index contributed by atoms with van der Waals surface area (Å²) in [6.07, 6.45) is 27.7. The lowest BCUT2D eigenvalue weighted by Crippen LogP contribution is -2.59. The standard InChI is InChI=1S/C40H74O9/c1-3-5-7-9-11-13-15-16-17-18-19-21-23-25-27-29-36(42)48-34(33-47-40-39(45)38(44)37(43)35(31-41)49-40)32-46-30-28-26-24-22-20-14-12-10-8-6-4-2/h8,10,16-17,34-35,37-41,43-45H,3-7,9,11-15,18-33H2,1-2H3/b10-8-,17-16-. The van der Waals surface area contributed by atoms with E-state index < -0.39 is 43.4 Å². The second-order valence-electron chi connectivity index (χ2n) is 13.7. The number of carbonyl (C=O) groups is 1. The molecule has 288 valence electrons. The zero-order valence-corrected chi connectivity index (χ0v) is 31.2. The lowest BCUT2D eigenvalue weighted by atomic mass is 9.99. The molecule has 0 radical (unpaired) electrons. The van der Waals surface area contributed by atoms with Crippen LogP contribution in [0, 0.1) is 0 Å². The van der Waals surface area contributed by atoms with Crippen molar-refractivity contribution in [3.8, 4) is 0 Å². The SMILES string of the molecule is CCC/C=C\CCCCCCCCOCC(COC1OC(CO)C(O)C(O)C1O)OC(=O)CCCCCCC/C=C\CCCCCCCC. The summed E-state index contributed by atoms with van der Waals surface area (Å²) in [5, 5.41) is 39.9. The fourth-order valence-corrected chi connectivity index (χ4v) is 5.90. The third-order valence-corrected chi connectivity index (χ3v) is 9.07. The van der Waals surface area contributed by atoms with Crippen LogP contribution in [0.2, 0.25) is 0 Å². The molecular formula is C40H74O9. The smallest absolute Gasteiger partial charge is 0.306 e. The predicted molar refractivity (Wildman–Crippen MR) is 196 cm³/mol. The molecule has 0 aromatic rings. The van der Waals surface area contributed by atoms with E-state index in [1.807, 2.05) is 0 Å². The number of esters is 1. The normalized spacial score (nSPS) is 22.0. The summed E-state index contributed by atoms with van der Waals surface area (Å²) in [6, 6.07) is 0. The van der Waals surface area contributed by atoms with Gasteiger partial charge in [-0.2, -0.15) is 0 Å². The molecule has 0 saturated carbocycles. The molecule has 1 fully saturated rings. The monoisotopic (exact) mass is 699 g/mol. The van der Waals surface area contributed by atoms with Crippen LogP contribution in [0.15, 0.2) is 24.3 Å². The summed E-state index contributed by atoms with van der Waals surface area (Å²) in [5.74, 6) is -0.326. The summed E-state index contributed by atoms with van der Waals surface area (Å²) < 4.78 is 22.7. The molecule has 0 amide bonds. The van der Waals surface area contributed by atoms with Crippen molar-refractivity contribution < 1.29 is 44.2 Å². The number of allylic oxidation sites excluding steroid dienone is 4. The van der Waals surface area contributed by atoms with Crippen molar-refractivity contribution in [2.45, 2.75) is 198 Å². The van der Waals surface area contributed by atoms with Crippen molar-refractivity contribution in [3.63, 3.8) is 0 Å². The molecule has 6 unspecified atom stereocenters. The third kappa shape index (κ3) is 24.5. The number of hydrogen-bond donors (Lipinski definition) is 4. The molecule has 1 saturated heterocycles. The highest BCUT2D eigenvalue weighted by molar-refractivity contribution is 5.69. The molecule has 1 rings (SSSR count). The molecular weight excluding hydrogens is 624 g/mol. The van der Waals surface area contributed by atoms with E-state index in [-0.39, 0.29) is 19.2 Å². The van der Waals surface area contributed by atoms with E-state index in [9.17, 15) is 25.2 Å². The van der Waals surface area contributed by atoms with E-state index >= 15 is 0 Å². The van der Waals surface area contributed by atoms with Crippen LogP contribution in [0.25, 0.3) is 0 Å². The van der Waals surface area contributed by atoms with Gasteiger partial charge in [-0.15, -0.1) is 0 Å². The number of carbonyl (C=O) groups excluding carboxylic acids is 1. The van der Waals surface area contributed by atoms with Crippen LogP contribution in [-0.4, -0.2) is 89.6 Å². The van der Waals surface area contributed by atoms with Crippen molar-refractivity contribution in [2.75, 3.05) is 26.4 Å². The van der Waals surface area contributed by atoms with Crippen LogP contribution in [0.4, 0.5) is 0 Å². The number of rotatable bonds is 33. The fourth-order valence-electron chi connectivity index (χ4n) is 5.90.